The fourth-order valence-corrected chi connectivity index (χ4v) is 4.35. The maximum atomic E-state index is 6.28. The Kier molecular flexibility index (Phi) is 6.17. The van der Waals surface area contributed by atoms with Crippen molar-refractivity contribution in [3.05, 3.63) is 34.9 Å². The number of nitrogens with zero attached hydrogens (tertiary/aromatic N) is 1. The molecule has 0 spiro atoms. The first-order valence-electron chi connectivity index (χ1n) is 9.01. The summed E-state index contributed by atoms with van der Waals surface area (Å²) in [6.45, 7) is 5.83. The molecule has 0 radical (unpaired) electrons. The molecule has 1 saturated carbocycles. The summed E-state index contributed by atoms with van der Waals surface area (Å²) in [6, 6.07) is 8.63. The van der Waals surface area contributed by atoms with Gasteiger partial charge >= 0.3 is 0 Å². The SMILES string of the molecule is Clc1cccc(C(CN2CCNCC2)C2CCCCCC2)c1. The summed E-state index contributed by atoms with van der Waals surface area (Å²) in [5, 5.41) is 4.35. The van der Waals surface area contributed by atoms with Gasteiger partial charge in [-0.05, 0) is 42.4 Å². The van der Waals surface area contributed by atoms with E-state index < -0.39 is 0 Å². The van der Waals surface area contributed by atoms with Crippen LogP contribution in [0.1, 0.15) is 50.0 Å². The largest absolute Gasteiger partial charge is 0.314 e. The molecule has 0 bridgehead atoms. The lowest BCUT2D eigenvalue weighted by molar-refractivity contribution is 0.198. The molecule has 2 nitrogen and oxygen atoms in total. The van der Waals surface area contributed by atoms with Crippen LogP contribution in [-0.2, 0) is 0 Å². The van der Waals surface area contributed by atoms with Gasteiger partial charge in [0.2, 0.25) is 0 Å². The van der Waals surface area contributed by atoms with Crippen molar-refractivity contribution < 1.29 is 0 Å². The Labute approximate surface area is 140 Å². The Morgan fingerprint density at radius 1 is 1.09 bits per heavy atom. The van der Waals surface area contributed by atoms with Crippen LogP contribution in [0.5, 0.6) is 0 Å². The normalized spacial score (nSPS) is 23.1. The second kappa shape index (κ2) is 8.33. The predicted octanol–water partition coefficient (Wildman–Crippen LogP) is 4.30. The lowest BCUT2D eigenvalue weighted by Crippen LogP contribution is -2.45. The maximum absolute atomic E-state index is 6.28. The van der Waals surface area contributed by atoms with Crippen molar-refractivity contribution in [1.82, 2.24) is 10.2 Å². The lowest BCUT2D eigenvalue weighted by Gasteiger charge is -2.35. The number of nitrogens with one attached hydrogen (secondary N) is 1. The number of piperazine rings is 1. The van der Waals surface area contributed by atoms with E-state index in [4.69, 9.17) is 11.6 Å². The third kappa shape index (κ3) is 4.47. The fraction of sp³-hybridized carbons (Fsp3) is 0.684. The number of hydrogen-bond acceptors (Lipinski definition) is 2. The third-order valence-corrected chi connectivity index (χ3v) is 5.65. The highest BCUT2D eigenvalue weighted by Gasteiger charge is 2.27. The Hall–Kier alpha value is -0.570. The van der Waals surface area contributed by atoms with Crippen molar-refractivity contribution in [3.8, 4) is 0 Å². The Balaban J connectivity index is 1.77. The first kappa shape index (κ1) is 16.3. The van der Waals surface area contributed by atoms with Crippen LogP contribution in [0.3, 0.4) is 0 Å². The van der Waals surface area contributed by atoms with E-state index in [1.54, 1.807) is 0 Å². The summed E-state index contributed by atoms with van der Waals surface area (Å²) in [7, 11) is 0. The van der Waals surface area contributed by atoms with E-state index in [1.807, 2.05) is 6.07 Å². The quantitative estimate of drug-likeness (QED) is 0.832. The van der Waals surface area contributed by atoms with Gasteiger partial charge in [0, 0.05) is 37.7 Å². The summed E-state index contributed by atoms with van der Waals surface area (Å²) < 4.78 is 0. The topological polar surface area (TPSA) is 15.3 Å². The molecule has 2 aliphatic rings. The minimum Gasteiger partial charge on any atom is -0.314 e. The van der Waals surface area contributed by atoms with Gasteiger partial charge in [-0.2, -0.15) is 0 Å². The van der Waals surface area contributed by atoms with Gasteiger partial charge in [0.15, 0.2) is 0 Å². The zero-order valence-electron chi connectivity index (χ0n) is 13.6. The van der Waals surface area contributed by atoms with Crippen molar-refractivity contribution in [2.24, 2.45) is 5.92 Å². The van der Waals surface area contributed by atoms with Crippen LogP contribution in [0, 0.1) is 5.92 Å². The van der Waals surface area contributed by atoms with Gasteiger partial charge in [-0.15, -0.1) is 0 Å². The van der Waals surface area contributed by atoms with Crippen molar-refractivity contribution in [1.29, 1.82) is 0 Å². The average Bonchev–Trinajstić information content (AvgIpc) is 2.83. The molecule has 1 aromatic rings. The molecule has 3 heteroatoms. The van der Waals surface area contributed by atoms with Crippen LogP contribution in [0.15, 0.2) is 24.3 Å². The van der Waals surface area contributed by atoms with E-state index >= 15 is 0 Å². The van der Waals surface area contributed by atoms with Crippen LogP contribution in [-0.4, -0.2) is 37.6 Å². The molecule has 1 unspecified atom stereocenters. The molecule has 1 saturated heterocycles. The smallest absolute Gasteiger partial charge is 0.0408 e. The molecular weight excluding hydrogens is 292 g/mol. The first-order chi connectivity index (χ1) is 10.8. The fourth-order valence-electron chi connectivity index (χ4n) is 4.15. The van der Waals surface area contributed by atoms with E-state index in [-0.39, 0.29) is 0 Å². The maximum Gasteiger partial charge on any atom is 0.0408 e. The zero-order valence-corrected chi connectivity index (χ0v) is 14.3. The second-order valence-electron chi connectivity index (χ2n) is 6.96. The molecule has 0 aromatic heterocycles. The Bertz CT molecular complexity index is 449. The summed E-state index contributed by atoms with van der Waals surface area (Å²) in [4.78, 5) is 2.65. The molecule has 1 aliphatic heterocycles. The summed E-state index contributed by atoms with van der Waals surface area (Å²) in [6.07, 6.45) is 8.44. The molecule has 122 valence electrons. The van der Waals surface area contributed by atoms with Gasteiger partial charge < -0.3 is 10.2 Å². The molecular formula is C19H29ClN2. The number of halogens is 1. The molecule has 1 N–H and O–H groups in total. The average molecular weight is 321 g/mol. The van der Waals surface area contributed by atoms with Crippen molar-refractivity contribution >= 4 is 11.6 Å². The van der Waals surface area contributed by atoms with E-state index in [0.29, 0.717) is 5.92 Å². The number of benzene rings is 1. The molecule has 1 heterocycles. The van der Waals surface area contributed by atoms with Gasteiger partial charge in [-0.3, -0.25) is 0 Å². The monoisotopic (exact) mass is 320 g/mol. The van der Waals surface area contributed by atoms with Crippen LogP contribution in [0.4, 0.5) is 0 Å². The van der Waals surface area contributed by atoms with Crippen LogP contribution in [0.2, 0.25) is 5.02 Å². The highest BCUT2D eigenvalue weighted by Crippen LogP contribution is 2.36. The standard InChI is InChI=1S/C19H29ClN2/c20-18-9-5-8-17(14-18)19(15-22-12-10-21-11-13-22)16-6-3-1-2-4-7-16/h5,8-9,14,16,19,21H,1-4,6-7,10-13,15H2. The van der Waals surface area contributed by atoms with Crippen molar-refractivity contribution in [3.63, 3.8) is 0 Å². The van der Waals surface area contributed by atoms with Crippen LogP contribution in [0.25, 0.3) is 0 Å². The minimum absolute atomic E-state index is 0.648. The van der Waals surface area contributed by atoms with E-state index in [2.05, 4.69) is 28.4 Å². The molecule has 0 amide bonds. The molecule has 1 aromatic carbocycles. The summed E-state index contributed by atoms with van der Waals surface area (Å²) >= 11 is 6.28. The molecule has 22 heavy (non-hydrogen) atoms. The van der Waals surface area contributed by atoms with Crippen molar-refractivity contribution in [2.75, 3.05) is 32.7 Å². The van der Waals surface area contributed by atoms with Gasteiger partial charge in [-0.1, -0.05) is 49.4 Å². The molecule has 3 rings (SSSR count). The summed E-state index contributed by atoms with van der Waals surface area (Å²) in [5.74, 6) is 1.48. The second-order valence-corrected chi connectivity index (χ2v) is 7.40. The highest BCUT2D eigenvalue weighted by molar-refractivity contribution is 6.30. The first-order valence-corrected chi connectivity index (χ1v) is 9.39. The Morgan fingerprint density at radius 2 is 1.82 bits per heavy atom. The van der Waals surface area contributed by atoms with E-state index in [0.717, 1.165) is 24.0 Å². The lowest BCUT2D eigenvalue weighted by atomic mass is 9.81. The van der Waals surface area contributed by atoms with E-state index in [9.17, 15) is 0 Å². The minimum atomic E-state index is 0.648. The van der Waals surface area contributed by atoms with Crippen LogP contribution >= 0.6 is 11.6 Å². The molecule has 1 aliphatic carbocycles. The predicted molar refractivity (Wildman–Crippen MR) is 94.7 cm³/mol. The Morgan fingerprint density at radius 3 is 2.50 bits per heavy atom. The third-order valence-electron chi connectivity index (χ3n) is 5.41. The molecule has 2 fully saturated rings. The van der Waals surface area contributed by atoms with Crippen LogP contribution < -0.4 is 5.32 Å². The van der Waals surface area contributed by atoms with Crippen molar-refractivity contribution in [2.45, 2.75) is 44.4 Å². The van der Waals surface area contributed by atoms with Gasteiger partial charge in [0.25, 0.3) is 0 Å². The van der Waals surface area contributed by atoms with Gasteiger partial charge in [-0.25, -0.2) is 0 Å². The van der Waals surface area contributed by atoms with Gasteiger partial charge in [0.1, 0.15) is 0 Å². The van der Waals surface area contributed by atoms with Gasteiger partial charge in [0.05, 0.1) is 0 Å². The summed E-state index contributed by atoms with van der Waals surface area (Å²) in [5.41, 5.74) is 1.46. The zero-order chi connectivity index (χ0) is 15.2. The number of hydrogen-bond donors (Lipinski definition) is 1. The molecule has 1 atom stereocenters. The van der Waals surface area contributed by atoms with E-state index in [1.165, 1.54) is 63.7 Å². The highest BCUT2D eigenvalue weighted by atomic mass is 35.5. The number of rotatable bonds is 4.